The fourth-order valence-electron chi connectivity index (χ4n) is 2.91. The normalized spacial score (nSPS) is 16.6. The van der Waals surface area contributed by atoms with E-state index >= 15 is 0 Å². The maximum absolute atomic E-state index is 12.5. The van der Waals surface area contributed by atoms with E-state index in [0.717, 1.165) is 37.1 Å². The lowest BCUT2D eigenvalue weighted by molar-refractivity contribution is 0.103. The Hall–Kier alpha value is -2.63. The van der Waals surface area contributed by atoms with Gasteiger partial charge in [-0.25, -0.2) is 19.9 Å². The minimum Gasteiger partial charge on any atom is -0.480 e. The van der Waals surface area contributed by atoms with Crippen LogP contribution in [0.4, 0.5) is 0 Å². The maximum atomic E-state index is 12.5. The van der Waals surface area contributed by atoms with Gasteiger partial charge in [-0.1, -0.05) is 6.58 Å². The van der Waals surface area contributed by atoms with Crippen molar-refractivity contribution in [2.45, 2.75) is 44.4 Å². The number of ketones is 1. The van der Waals surface area contributed by atoms with E-state index in [1.807, 2.05) is 0 Å². The predicted octanol–water partition coefficient (Wildman–Crippen LogP) is 3.46. The largest absolute Gasteiger partial charge is 0.480 e. The summed E-state index contributed by atoms with van der Waals surface area (Å²) in [4.78, 5) is 30.4. The number of carbonyl (C=O) groups excluding carboxylic acids is 1. The zero-order chi connectivity index (χ0) is 17.6. The summed E-state index contributed by atoms with van der Waals surface area (Å²) in [5, 5.41) is 0. The van der Waals surface area contributed by atoms with Crippen LogP contribution in [0.5, 0.6) is 5.88 Å². The third-order valence-corrected chi connectivity index (χ3v) is 4.58. The monoisotopic (exact) mass is 336 g/mol. The first-order valence-electron chi connectivity index (χ1n) is 8.57. The van der Waals surface area contributed by atoms with Gasteiger partial charge in [0, 0.05) is 17.5 Å². The molecule has 0 spiro atoms. The van der Waals surface area contributed by atoms with E-state index < -0.39 is 0 Å². The summed E-state index contributed by atoms with van der Waals surface area (Å²) >= 11 is 0. The molecule has 0 unspecified atom stereocenters. The molecule has 0 aliphatic heterocycles. The van der Waals surface area contributed by atoms with Crippen molar-refractivity contribution in [1.29, 1.82) is 0 Å². The van der Waals surface area contributed by atoms with Gasteiger partial charge >= 0.3 is 0 Å². The fraction of sp³-hybridized carbons (Fsp3) is 0.421. The van der Waals surface area contributed by atoms with Crippen molar-refractivity contribution >= 4 is 5.78 Å². The highest BCUT2D eigenvalue weighted by atomic mass is 16.5. The lowest BCUT2D eigenvalue weighted by Crippen LogP contribution is -2.09. The van der Waals surface area contributed by atoms with Crippen LogP contribution >= 0.6 is 0 Å². The molecule has 2 fully saturated rings. The number of allylic oxidation sites excluding steroid dienone is 1. The van der Waals surface area contributed by atoms with Crippen LogP contribution in [0, 0.1) is 0 Å². The van der Waals surface area contributed by atoms with Crippen LogP contribution in [0.3, 0.4) is 0 Å². The third-order valence-electron chi connectivity index (χ3n) is 4.58. The van der Waals surface area contributed by atoms with E-state index in [2.05, 4.69) is 21.5 Å². The van der Waals surface area contributed by atoms with Crippen molar-refractivity contribution in [3.8, 4) is 17.3 Å². The molecule has 4 rings (SSSR count). The smallest absolute Gasteiger partial charge is 0.227 e. The molecule has 2 aromatic heterocycles. The van der Waals surface area contributed by atoms with E-state index in [0.29, 0.717) is 40.4 Å². The van der Waals surface area contributed by atoms with Crippen LogP contribution in [-0.2, 0) is 0 Å². The second-order valence-corrected chi connectivity index (χ2v) is 6.80. The molecule has 0 saturated heterocycles. The molecule has 2 aliphatic rings. The Balaban J connectivity index is 1.90. The Bertz CT molecular complexity index is 870. The van der Waals surface area contributed by atoms with Gasteiger partial charge in [0.05, 0.1) is 12.8 Å². The zero-order valence-corrected chi connectivity index (χ0v) is 14.5. The molecule has 25 heavy (non-hydrogen) atoms. The second kappa shape index (κ2) is 6.02. The Morgan fingerprint density at radius 2 is 1.88 bits per heavy atom. The number of hydrogen-bond acceptors (Lipinski definition) is 6. The first kappa shape index (κ1) is 15.9. The van der Waals surface area contributed by atoms with Gasteiger partial charge in [0.2, 0.25) is 11.7 Å². The van der Waals surface area contributed by atoms with Crippen LogP contribution in [0.15, 0.2) is 24.5 Å². The van der Waals surface area contributed by atoms with Crippen molar-refractivity contribution < 1.29 is 9.53 Å². The standard InChI is InChI=1S/C19H20N4O2/c1-10(2)17(24)14-8-13(11-4-5-11)22-18(23-14)15-16(12-6-7-12)20-9-21-19(15)25-3/h8-9,11-12H,1,4-7H2,2-3H3. The molecule has 2 aromatic rings. The number of carbonyl (C=O) groups is 1. The highest BCUT2D eigenvalue weighted by molar-refractivity contribution is 6.06. The van der Waals surface area contributed by atoms with Gasteiger partial charge in [0.15, 0.2) is 5.82 Å². The average Bonchev–Trinajstić information content (AvgIpc) is 3.50. The summed E-state index contributed by atoms with van der Waals surface area (Å²) in [6.45, 7) is 5.45. The lowest BCUT2D eigenvalue weighted by Gasteiger charge is -2.12. The molecule has 0 atom stereocenters. The highest BCUT2D eigenvalue weighted by Crippen LogP contribution is 2.45. The summed E-state index contributed by atoms with van der Waals surface area (Å²) in [5.41, 5.74) is 3.37. The molecule has 128 valence electrons. The topological polar surface area (TPSA) is 77.9 Å². The molecule has 2 aliphatic carbocycles. The van der Waals surface area contributed by atoms with Crippen LogP contribution in [0.25, 0.3) is 11.4 Å². The number of rotatable bonds is 6. The average molecular weight is 336 g/mol. The number of Topliss-reactive ketones (excluding diaryl/α,β-unsaturated/α-hetero) is 1. The molecule has 0 bridgehead atoms. The Morgan fingerprint density at radius 3 is 2.48 bits per heavy atom. The quantitative estimate of drug-likeness (QED) is 0.594. The summed E-state index contributed by atoms with van der Waals surface area (Å²) in [6.07, 6.45) is 5.88. The lowest BCUT2D eigenvalue weighted by atomic mass is 10.1. The van der Waals surface area contributed by atoms with Crippen LogP contribution in [0.2, 0.25) is 0 Å². The third kappa shape index (κ3) is 3.04. The number of methoxy groups -OCH3 is 1. The molecule has 6 heteroatoms. The van der Waals surface area contributed by atoms with E-state index in [-0.39, 0.29) is 5.78 Å². The molecular formula is C19H20N4O2. The molecular weight excluding hydrogens is 316 g/mol. The molecule has 0 aromatic carbocycles. The SMILES string of the molecule is C=C(C)C(=O)c1cc(C2CC2)nc(-c2c(OC)ncnc2C2CC2)n1. The molecule has 6 nitrogen and oxygen atoms in total. The first-order chi connectivity index (χ1) is 12.1. The van der Waals surface area contributed by atoms with Crippen LogP contribution in [0.1, 0.15) is 66.3 Å². The van der Waals surface area contributed by atoms with Crippen molar-refractivity contribution in [3.05, 3.63) is 41.6 Å². The molecule has 0 amide bonds. The van der Waals surface area contributed by atoms with Gasteiger partial charge in [0.25, 0.3) is 0 Å². The van der Waals surface area contributed by atoms with Crippen LogP contribution in [-0.4, -0.2) is 32.8 Å². The van der Waals surface area contributed by atoms with E-state index in [1.165, 1.54) is 6.33 Å². The first-order valence-corrected chi connectivity index (χ1v) is 8.57. The minimum absolute atomic E-state index is 0.158. The van der Waals surface area contributed by atoms with Gasteiger partial charge in [-0.3, -0.25) is 4.79 Å². The van der Waals surface area contributed by atoms with Crippen molar-refractivity contribution in [1.82, 2.24) is 19.9 Å². The molecule has 0 radical (unpaired) electrons. The zero-order valence-electron chi connectivity index (χ0n) is 14.5. The van der Waals surface area contributed by atoms with E-state index in [9.17, 15) is 4.79 Å². The summed E-state index contributed by atoms with van der Waals surface area (Å²) in [5.74, 6) is 1.57. The predicted molar refractivity (Wildman–Crippen MR) is 92.7 cm³/mol. The van der Waals surface area contributed by atoms with E-state index in [4.69, 9.17) is 9.72 Å². The number of nitrogens with zero attached hydrogens (tertiary/aromatic N) is 4. The van der Waals surface area contributed by atoms with Crippen molar-refractivity contribution in [2.75, 3.05) is 7.11 Å². The summed E-state index contributed by atoms with van der Waals surface area (Å²) < 4.78 is 5.45. The Labute approximate surface area is 146 Å². The van der Waals surface area contributed by atoms with Gasteiger partial charge in [-0.15, -0.1) is 0 Å². The summed E-state index contributed by atoms with van der Waals surface area (Å²) in [6, 6.07) is 1.80. The van der Waals surface area contributed by atoms with Gasteiger partial charge < -0.3 is 4.74 Å². The Morgan fingerprint density at radius 1 is 1.16 bits per heavy atom. The number of hydrogen-bond donors (Lipinski definition) is 0. The van der Waals surface area contributed by atoms with Gasteiger partial charge in [-0.2, -0.15) is 0 Å². The maximum Gasteiger partial charge on any atom is 0.227 e. The van der Waals surface area contributed by atoms with E-state index in [1.54, 1.807) is 20.1 Å². The van der Waals surface area contributed by atoms with Gasteiger partial charge in [-0.05, 0) is 44.2 Å². The molecule has 2 saturated carbocycles. The highest BCUT2D eigenvalue weighted by Gasteiger charge is 2.33. The fourth-order valence-corrected chi connectivity index (χ4v) is 2.91. The molecule has 0 N–H and O–H groups in total. The number of aromatic nitrogens is 4. The Kier molecular flexibility index (Phi) is 3.82. The van der Waals surface area contributed by atoms with Gasteiger partial charge in [0.1, 0.15) is 17.6 Å². The van der Waals surface area contributed by atoms with Crippen LogP contribution < -0.4 is 4.74 Å². The van der Waals surface area contributed by atoms with Crippen molar-refractivity contribution in [3.63, 3.8) is 0 Å². The minimum atomic E-state index is -0.158. The summed E-state index contributed by atoms with van der Waals surface area (Å²) in [7, 11) is 1.58. The second-order valence-electron chi connectivity index (χ2n) is 6.80. The van der Waals surface area contributed by atoms with Crippen molar-refractivity contribution in [2.24, 2.45) is 0 Å². The number of ether oxygens (including phenoxy) is 1. The molecule has 2 heterocycles.